The van der Waals surface area contributed by atoms with Crippen LogP contribution < -0.4 is 5.32 Å². The van der Waals surface area contributed by atoms with Crippen molar-refractivity contribution in [3.63, 3.8) is 0 Å². The standard InChI is InChI=1S/C10H14N2O4/c1-6(7(2)10(15)16)9(14)12-4-3-11-8(13)5-12/h3-5H2,1-2H3,(H,11,13)(H,15,16). The summed E-state index contributed by atoms with van der Waals surface area (Å²) in [5.74, 6) is -1.73. The Balaban J connectivity index is 2.81. The molecule has 2 amide bonds. The summed E-state index contributed by atoms with van der Waals surface area (Å²) < 4.78 is 0. The Morgan fingerprint density at radius 3 is 2.44 bits per heavy atom. The van der Waals surface area contributed by atoms with Gasteiger partial charge in [-0.1, -0.05) is 0 Å². The minimum absolute atomic E-state index is 0.0102. The third-order valence-electron chi connectivity index (χ3n) is 2.53. The van der Waals surface area contributed by atoms with E-state index in [1.165, 1.54) is 18.7 Å². The van der Waals surface area contributed by atoms with E-state index in [1.54, 1.807) is 0 Å². The third kappa shape index (κ3) is 2.59. The Kier molecular flexibility index (Phi) is 3.65. The molecule has 16 heavy (non-hydrogen) atoms. The van der Waals surface area contributed by atoms with Crippen LogP contribution in [0.2, 0.25) is 0 Å². The van der Waals surface area contributed by atoms with Crippen molar-refractivity contribution in [2.45, 2.75) is 13.8 Å². The average Bonchev–Trinajstić information content (AvgIpc) is 2.26. The van der Waals surface area contributed by atoms with Crippen LogP contribution in [-0.2, 0) is 14.4 Å². The second-order valence-electron chi connectivity index (χ2n) is 3.63. The molecule has 1 fully saturated rings. The fourth-order valence-electron chi connectivity index (χ4n) is 1.37. The van der Waals surface area contributed by atoms with E-state index in [1.807, 2.05) is 0 Å². The molecular weight excluding hydrogens is 212 g/mol. The van der Waals surface area contributed by atoms with Crippen LogP contribution in [0.5, 0.6) is 0 Å². The molecule has 0 spiro atoms. The first-order valence-corrected chi connectivity index (χ1v) is 4.90. The molecule has 0 saturated carbocycles. The van der Waals surface area contributed by atoms with Gasteiger partial charge in [0.15, 0.2) is 0 Å². The molecule has 2 N–H and O–H groups in total. The first kappa shape index (κ1) is 12.2. The highest BCUT2D eigenvalue weighted by Gasteiger charge is 2.23. The van der Waals surface area contributed by atoms with Crippen molar-refractivity contribution in [1.29, 1.82) is 0 Å². The van der Waals surface area contributed by atoms with Gasteiger partial charge < -0.3 is 15.3 Å². The molecule has 0 atom stereocenters. The predicted octanol–water partition coefficient (Wildman–Crippen LogP) is -0.634. The lowest BCUT2D eigenvalue weighted by Crippen LogP contribution is -2.50. The molecule has 1 aliphatic heterocycles. The van der Waals surface area contributed by atoms with E-state index in [0.717, 1.165) is 0 Å². The molecule has 0 bridgehead atoms. The van der Waals surface area contributed by atoms with E-state index in [4.69, 9.17) is 5.11 Å². The average molecular weight is 226 g/mol. The molecular formula is C10H14N2O4. The van der Waals surface area contributed by atoms with Gasteiger partial charge in [-0.05, 0) is 13.8 Å². The van der Waals surface area contributed by atoms with E-state index >= 15 is 0 Å². The number of rotatable bonds is 2. The molecule has 1 rings (SSSR count). The lowest BCUT2D eigenvalue weighted by atomic mass is 10.1. The number of amides is 2. The summed E-state index contributed by atoms with van der Waals surface area (Å²) in [7, 11) is 0. The molecule has 0 aliphatic carbocycles. The van der Waals surface area contributed by atoms with Crippen molar-refractivity contribution < 1.29 is 19.5 Å². The Morgan fingerprint density at radius 2 is 1.94 bits per heavy atom. The van der Waals surface area contributed by atoms with Gasteiger partial charge in [0.2, 0.25) is 5.91 Å². The number of hydrogen-bond donors (Lipinski definition) is 2. The van der Waals surface area contributed by atoms with Gasteiger partial charge in [-0.2, -0.15) is 0 Å². The summed E-state index contributed by atoms with van der Waals surface area (Å²) in [5, 5.41) is 11.3. The SMILES string of the molecule is CC(C(=O)O)=C(C)C(=O)N1CCNC(=O)C1. The van der Waals surface area contributed by atoms with Gasteiger partial charge in [0, 0.05) is 24.2 Å². The maximum absolute atomic E-state index is 11.8. The van der Waals surface area contributed by atoms with Crippen LogP contribution in [0.3, 0.4) is 0 Å². The van der Waals surface area contributed by atoms with Crippen LogP contribution >= 0.6 is 0 Å². The maximum atomic E-state index is 11.8. The summed E-state index contributed by atoms with van der Waals surface area (Å²) in [4.78, 5) is 34.9. The Morgan fingerprint density at radius 1 is 1.31 bits per heavy atom. The summed E-state index contributed by atoms with van der Waals surface area (Å²) in [6.07, 6.45) is 0. The zero-order valence-corrected chi connectivity index (χ0v) is 9.24. The topological polar surface area (TPSA) is 86.7 Å². The maximum Gasteiger partial charge on any atom is 0.331 e. The first-order valence-electron chi connectivity index (χ1n) is 4.90. The number of nitrogens with one attached hydrogen (secondary N) is 1. The Hall–Kier alpha value is -1.85. The number of carbonyl (C=O) groups excluding carboxylic acids is 2. The van der Waals surface area contributed by atoms with E-state index in [2.05, 4.69) is 5.32 Å². The predicted molar refractivity (Wildman–Crippen MR) is 55.6 cm³/mol. The Bertz CT molecular complexity index is 373. The fraction of sp³-hybridized carbons (Fsp3) is 0.500. The van der Waals surface area contributed by atoms with Crippen LogP contribution in [-0.4, -0.2) is 47.4 Å². The number of carboxylic acids is 1. The zero-order valence-electron chi connectivity index (χ0n) is 9.24. The van der Waals surface area contributed by atoms with E-state index < -0.39 is 11.9 Å². The van der Waals surface area contributed by atoms with Gasteiger partial charge in [-0.3, -0.25) is 9.59 Å². The normalized spacial score (nSPS) is 17.6. The van der Waals surface area contributed by atoms with Crippen LogP contribution in [0.1, 0.15) is 13.8 Å². The summed E-state index contributed by atoms with van der Waals surface area (Å²) in [5.41, 5.74) is 0.179. The van der Waals surface area contributed by atoms with Crippen LogP contribution in [0.4, 0.5) is 0 Å². The molecule has 0 aromatic carbocycles. The molecule has 0 unspecified atom stereocenters. The number of carbonyl (C=O) groups is 3. The van der Waals surface area contributed by atoms with Crippen LogP contribution in [0.15, 0.2) is 11.1 Å². The highest BCUT2D eigenvalue weighted by molar-refractivity contribution is 6.02. The molecule has 0 aromatic rings. The molecule has 6 nitrogen and oxygen atoms in total. The summed E-state index contributed by atoms with van der Waals surface area (Å²) in [6.45, 7) is 3.64. The molecule has 6 heteroatoms. The zero-order chi connectivity index (χ0) is 12.3. The fourth-order valence-corrected chi connectivity index (χ4v) is 1.37. The highest BCUT2D eigenvalue weighted by Crippen LogP contribution is 2.09. The monoisotopic (exact) mass is 226 g/mol. The molecule has 0 aromatic heterocycles. The lowest BCUT2D eigenvalue weighted by molar-refractivity contribution is -0.136. The van der Waals surface area contributed by atoms with Gasteiger partial charge in [-0.15, -0.1) is 0 Å². The second-order valence-corrected chi connectivity index (χ2v) is 3.63. The van der Waals surface area contributed by atoms with Gasteiger partial charge in [0.1, 0.15) is 0 Å². The second kappa shape index (κ2) is 4.78. The van der Waals surface area contributed by atoms with Crippen molar-refractivity contribution in [1.82, 2.24) is 10.2 Å². The quantitative estimate of drug-likeness (QED) is 0.613. The number of piperazine rings is 1. The minimum atomic E-state index is -1.12. The van der Waals surface area contributed by atoms with E-state index in [-0.39, 0.29) is 23.6 Å². The van der Waals surface area contributed by atoms with Crippen molar-refractivity contribution >= 4 is 17.8 Å². The lowest BCUT2D eigenvalue weighted by Gasteiger charge is -2.27. The van der Waals surface area contributed by atoms with Crippen LogP contribution in [0.25, 0.3) is 0 Å². The smallest absolute Gasteiger partial charge is 0.331 e. The largest absolute Gasteiger partial charge is 0.478 e. The molecule has 1 saturated heterocycles. The number of nitrogens with zero attached hydrogens (tertiary/aromatic N) is 1. The van der Waals surface area contributed by atoms with Gasteiger partial charge in [0.25, 0.3) is 5.91 Å². The van der Waals surface area contributed by atoms with Crippen molar-refractivity contribution in [2.75, 3.05) is 19.6 Å². The van der Waals surface area contributed by atoms with Gasteiger partial charge >= 0.3 is 5.97 Å². The van der Waals surface area contributed by atoms with Gasteiger partial charge in [-0.25, -0.2) is 4.79 Å². The number of aliphatic carboxylic acids is 1. The molecule has 88 valence electrons. The third-order valence-corrected chi connectivity index (χ3v) is 2.53. The van der Waals surface area contributed by atoms with Crippen molar-refractivity contribution in [3.8, 4) is 0 Å². The van der Waals surface area contributed by atoms with Gasteiger partial charge in [0.05, 0.1) is 6.54 Å². The van der Waals surface area contributed by atoms with E-state index in [0.29, 0.717) is 13.1 Å². The Labute approximate surface area is 92.9 Å². The molecule has 0 radical (unpaired) electrons. The summed E-state index contributed by atoms with van der Waals surface area (Å²) >= 11 is 0. The summed E-state index contributed by atoms with van der Waals surface area (Å²) in [6, 6.07) is 0. The van der Waals surface area contributed by atoms with E-state index in [9.17, 15) is 14.4 Å². The van der Waals surface area contributed by atoms with Crippen molar-refractivity contribution in [3.05, 3.63) is 11.1 Å². The van der Waals surface area contributed by atoms with Crippen molar-refractivity contribution in [2.24, 2.45) is 0 Å². The highest BCUT2D eigenvalue weighted by atomic mass is 16.4. The molecule has 1 aliphatic rings. The van der Waals surface area contributed by atoms with Crippen LogP contribution in [0, 0.1) is 0 Å². The number of hydrogen-bond acceptors (Lipinski definition) is 3. The number of carboxylic acid groups (broad SMARTS) is 1. The first-order chi connectivity index (χ1) is 7.43. The minimum Gasteiger partial charge on any atom is -0.478 e. The molecule has 1 heterocycles.